The van der Waals surface area contributed by atoms with E-state index in [0.717, 1.165) is 13.1 Å². The highest BCUT2D eigenvalue weighted by molar-refractivity contribution is 5.85. The van der Waals surface area contributed by atoms with Crippen LogP contribution in [0.4, 0.5) is 0 Å². The van der Waals surface area contributed by atoms with Gasteiger partial charge in [-0.3, -0.25) is 4.79 Å². The summed E-state index contributed by atoms with van der Waals surface area (Å²) in [6.45, 7) is 3.14. The van der Waals surface area contributed by atoms with Crippen LogP contribution in [0.5, 0.6) is 0 Å². The van der Waals surface area contributed by atoms with Crippen molar-refractivity contribution in [1.82, 2.24) is 10.2 Å². The lowest BCUT2D eigenvalue weighted by molar-refractivity contribution is -0.143. The first-order valence-corrected chi connectivity index (χ1v) is 4.95. The molecule has 0 aromatic heterocycles. The molecule has 1 unspecified atom stereocenters. The summed E-state index contributed by atoms with van der Waals surface area (Å²) >= 11 is 0. The minimum Gasteiger partial charge on any atom is -0.389 e. The monoisotopic (exact) mass is 218 g/mol. The van der Waals surface area contributed by atoms with Gasteiger partial charge in [0.2, 0.25) is 5.91 Å². The molecule has 1 saturated carbocycles. The molecule has 80 valence electrons. The fourth-order valence-electron chi connectivity index (χ4n) is 2.63. The number of aliphatic hydroxyl groups is 1. The average Bonchev–Trinajstić information content (AvgIpc) is 2.53. The van der Waals surface area contributed by atoms with Crippen molar-refractivity contribution in [1.29, 1.82) is 0 Å². The van der Waals surface area contributed by atoms with E-state index >= 15 is 0 Å². The summed E-state index contributed by atoms with van der Waals surface area (Å²) in [6, 6.07) is 0. The van der Waals surface area contributed by atoms with Crippen LogP contribution in [0.1, 0.15) is 0 Å². The molecule has 3 aliphatic rings. The molecule has 2 saturated heterocycles. The van der Waals surface area contributed by atoms with E-state index in [1.807, 2.05) is 0 Å². The number of hydrogen-bond donors (Lipinski definition) is 2. The number of carbonyl (C=O) groups excluding carboxylic acids is 1. The molecule has 3 rings (SSSR count). The van der Waals surface area contributed by atoms with Gasteiger partial charge in [0.15, 0.2) is 0 Å². The maximum absolute atomic E-state index is 11.7. The summed E-state index contributed by atoms with van der Waals surface area (Å²) in [4.78, 5) is 13.5. The molecule has 0 bridgehead atoms. The number of amides is 1. The Morgan fingerprint density at radius 3 is 2.36 bits per heavy atom. The van der Waals surface area contributed by atoms with Gasteiger partial charge < -0.3 is 15.3 Å². The number of fused-ring (bicyclic) bond motifs is 1. The Labute approximate surface area is 89.1 Å². The number of nitrogens with zero attached hydrogens (tertiary/aromatic N) is 1. The van der Waals surface area contributed by atoms with Crippen molar-refractivity contribution in [2.45, 2.75) is 6.10 Å². The van der Waals surface area contributed by atoms with Crippen LogP contribution < -0.4 is 5.32 Å². The van der Waals surface area contributed by atoms with Crippen molar-refractivity contribution in [2.24, 2.45) is 17.8 Å². The summed E-state index contributed by atoms with van der Waals surface area (Å²) in [5.41, 5.74) is 0. The molecule has 1 aliphatic carbocycles. The second kappa shape index (κ2) is 3.36. The summed E-state index contributed by atoms with van der Waals surface area (Å²) in [5, 5.41) is 12.3. The van der Waals surface area contributed by atoms with E-state index in [9.17, 15) is 4.79 Å². The highest BCUT2D eigenvalue weighted by Crippen LogP contribution is 2.49. The minimum atomic E-state index is -0.263. The van der Waals surface area contributed by atoms with E-state index in [0.29, 0.717) is 24.9 Å². The molecule has 0 aromatic carbocycles. The maximum Gasteiger partial charge on any atom is 0.226 e. The second-order valence-corrected chi connectivity index (χ2v) is 4.41. The average molecular weight is 219 g/mol. The number of β-amino-alcohol motifs (C(OH)–C–C–N with tert-alkyl or cyclic N) is 1. The highest BCUT2D eigenvalue weighted by atomic mass is 35.5. The van der Waals surface area contributed by atoms with Crippen LogP contribution >= 0.6 is 12.4 Å². The lowest BCUT2D eigenvalue weighted by Crippen LogP contribution is -2.54. The molecule has 4 nitrogen and oxygen atoms in total. The molecular formula is C9H15ClN2O2. The van der Waals surface area contributed by atoms with Crippen LogP contribution in [0.25, 0.3) is 0 Å². The summed E-state index contributed by atoms with van der Waals surface area (Å²) in [7, 11) is 0. The number of halogens is 1. The molecular weight excluding hydrogens is 204 g/mol. The summed E-state index contributed by atoms with van der Waals surface area (Å²) in [6.07, 6.45) is -0.263. The minimum absolute atomic E-state index is 0. The molecule has 1 amide bonds. The Kier molecular flexibility index (Phi) is 2.45. The van der Waals surface area contributed by atoms with Crippen LogP contribution in [-0.4, -0.2) is 48.2 Å². The van der Waals surface area contributed by atoms with E-state index in [-0.39, 0.29) is 30.3 Å². The van der Waals surface area contributed by atoms with Gasteiger partial charge in [-0.25, -0.2) is 0 Å². The van der Waals surface area contributed by atoms with Gasteiger partial charge in [0, 0.05) is 19.0 Å². The van der Waals surface area contributed by atoms with Crippen molar-refractivity contribution >= 4 is 18.3 Å². The lowest BCUT2D eigenvalue weighted by Gasteiger charge is -2.36. The van der Waals surface area contributed by atoms with Crippen LogP contribution in [0, 0.1) is 17.8 Å². The molecule has 0 radical (unpaired) electrons. The Morgan fingerprint density at radius 2 is 1.86 bits per heavy atom. The third kappa shape index (κ3) is 1.33. The first-order chi connectivity index (χ1) is 6.27. The SMILES string of the molecule is Cl.O=C(C1[C@H]2CNC[C@@H]12)N1CC(O)C1. The number of hydrogen-bond acceptors (Lipinski definition) is 3. The molecule has 3 fully saturated rings. The van der Waals surface area contributed by atoms with Crippen LogP contribution in [0.3, 0.4) is 0 Å². The van der Waals surface area contributed by atoms with E-state index in [1.54, 1.807) is 4.90 Å². The van der Waals surface area contributed by atoms with Crippen molar-refractivity contribution in [2.75, 3.05) is 26.2 Å². The predicted molar refractivity (Wildman–Crippen MR) is 53.2 cm³/mol. The Balaban J connectivity index is 0.000000750. The zero-order chi connectivity index (χ0) is 9.00. The summed E-state index contributed by atoms with van der Waals surface area (Å²) in [5.74, 6) is 1.77. The number of carbonyl (C=O) groups is 1. The highest BCUT2D eigenvalue weighted by Gasteiger charge is 2.58. The van der Waals surface area contributed by atoms with Gasteiger partial charge in [-0.2, -0.15) is 0 Å². The van der Waals surface area contributed by atoms with E-state index in [1.165, 1.54) is 0 Å². The molecule has 14 heavy (non-hydrogen) atoms. The van der Waals surface area contributed by atoms with Crippen LogP contribution in [0.15, 0.2) is 0 Å². The standard InChI is InChI=1S/C9H14N2O2.ClH/c12-5-3-11(4-5)9(13)8-6-1-10-2-7(6)8;/h5-8,10,12H,1-4H2;1H/t6-,7+,8?;. The van der Waals surface area contributed by atoms with Gasteiger partial charge in [0.25, 0.3) is 0 Å². The van der Waals surface area contributed by atoms with Crippen LogP contribution in [0.2, 0.25) is 0 Å². The third-order valence-corrected chi connectivity index (χ3v) is 3.55. The molecule has 2 aliphatic heterocycles. The summed E-state index contributed by atoms with van der Waals surface area (Å²) < 4.78 is 0. The fourth-order valence-corrected chi connectivity index (χ4v) is 2.63. The first-order valence-electron chi connectivity index (χ1n) is 4.95. The molecule has 2 N–H and O–H groups in total. The lowest BCUT2D eigenvalue weighted by atomic mass is 10.1. The quantitative estimate of drug-likeness (QED) is 0.599. The van der Waals surface area contributed by atoms with Gasteiger partial charge in [0.05, 0.1) is 6.10 Å². The predicted octanol–water partition coefficient (Wildman–Crippen LogP) is -0.923. The Bertz CT molecular complexity index is 245. The largest absolute Gasteiger partial charge is 0.389 e. The fraction of sp³-hybridized carbons (Fsp3) is 0.889. The van der Waals surface area contributed by atoms with Gasteiger partial charge >= 0.3 is 0 Å². The smallest absolute Gasteiger partial charge is 0.226 e. The zero-order valence-electron chi connectivity index (χ0n) is 7.85. The number of rotatable bonds is 1. The first kappa shape index (κ1) is 10.2. The van der Waals surface area contributed by atoms with Gasteiger partial charge in [-0.15, -0.1) is 12.4 Å². The molecule has 0 aromatic rings. The molecule has 2 heterocycles. The van der Waals surface area contributed by atoms with E-state index < -0.39 is 0 Å². The Hall–Kier alpha value is -0.320. The second-order valence-electron chi connectivity index (χ2n) is 4.41. The van der Waals surface area contributed by atoms with E-state index in [2.05, 4.69) is 5.32 Å². The number of nitrogens with one attached hydrogen (secondary N) is 1. The van der Waals surface area contributed by atoms with Crippen molar-refractivity contribution < 1.29 is 9.90 Å². The third-order valence-electron chi connectivity index (χ3n) is 3.55. The topological polar surface area (TPSA) is 52.6 Å². The number of aliphatic hydroxyl groups excluding tert-OH is 1. The normalized spacial score (nSPS) is 39.8. The molecule has 5 heteroatoms. The van der Waals surface area contributed by atoms with Crippen molar-refractivity contribution in [3.05, 3.63) is 0 Å². The number of likely N-dealkylation sites (tertiary alicyclic amines) is 1. The van der Waals surface area contributed by atoms with Crippen LogP contribution in [-0.2, 0) is 4.79 Å². The van der Waals surface area contributed by atoms with Gasteiger partial charge in [-0.1, -0.05) is 0 Å². The zero-order valence-corrected chi connectivity index (χ0v) is 8.67. The van der Waals surface area contributed by atoms with Gasteiger partial charge in [-0.05, 0) is 24.9 Å². The van der Waals surface area contributed by atoms with Crippen molar-refractivity contribution in [3.8, 4) is 0 Å². The Morgan fingerprint density at radius 1 is 1.29 bits per heavy atom. The van der Waals surface area contributed by atoms with Gasteiger partial charge in [0.1, 0.15) is 0 Å². The maximum atomic E-state index is 11.7. The number of piperidine rings is 1. The molecule has 3 atom stereocenters. The van der Waals surface area contributed by atoms with E-state index in [4.69, 9.17) is 5.11 Å². The molecule has 0 spiro atoms. The van der Waals surface area contributed by atoms with Crippen molar-refractivity contribution in [3.63, 3.8) is 0 Å².